The van der Waals surface area contributed by atoms with Crippen molar-refractivity contribution in [2.45, 2.75) is 67.8 Å². The monoisotopic (exact) mass is 475 g/mol. The van der Waals surface area contributed by atoms with Crippen LogP contribution in [0.1, 0.15) is 56.3 Å². The van der Waals surface area contributed by atoms with E-state index in [9.17, 15) is 23.1 Å². The maximum Gasteiger partial charge on any atom is 0.451 e. The first-order chi connectivity index (χ1) is 16.0. The molecule has 0 atom stereocenters. The minimum atomic E-state index is -4.65. The Labute approximate surface area is 195 Å². The molecule has 1 spiro atoms. The standard InChI is InChI=1S/C24H28F3N5O2/c25-24(26,27)19-29-13-18(14-30-19)31-15-21(32(20(31)33)16-22(34)7-4-8-22)9-11-23(28,12-10-21)17-5-2-1-3-6-17/h1-3,5-6,13-14,34H,4,7-12,15-16,28H2/t21-,23+. The maximum absolute atomic E-state index is 13.5. The van der Waals surface area contributed by atoms with Crippen molar-refractivity contribution in [2.75, 3.05) is 18.0 Å². The Kier molecular flexibility index (Phi) is 5.36. The van der Waals surface area contributed by atoms with Crippen molar-refractivity contribution in [1.82, 2.24) is 14.9 Å². The molecule has 2 aliphatic carbocycles. The molecule has 2 saturated carbocycles. The number of aliphatic hydroxyl groups is 1. The normalized spacial score (nSPS) is 28.9. The van der Waals surface area contributed by atoms with Gasteiger partial charge in [0.25, 0.3) is 0 Å². The lowest BCUT2D eigenvalue weighted by Gasteiger charge is -2.49. The first kappa shape index (κ1) is 23.0. The molecular formula is C24H28F3N5O2. The Bertz CT molecular complexity index is 1050. The summed E-state index contributed by atoms with van der Waals surface area (Å²) < 4.78 is 38.7. The summed E-state index contributed by atoms with van der Waals surface area (Å²) in [6.07, 6.45) is 2.14. The Morgan fingerprint density at radius 1 is 1.00 bits per heavy atom. The summed E-state index contributed by atoms with van der Waals surface area (Å²) in [6, 6.07) is 9.54. The molecule has 7 nitrogen and oxygen atoms in total. The molecule has 10 heteroatoms. The second kappa shape index (κ2) is 7.91. The van der Waals surface area contributed by atoms with E-state index in [1.807, 2.05) is 30.3 Å². The van der Waals surface area contributed by atoms with Gasteiger partial charge in [0.1, 0.15) is 0 Å². The molecule has 2 heterocycles. The second-order valence-electron chi connectivity index (χ2n) is 10.0. The number of benzene rings is 1. The predicted octanol–water partition coefficient (Wildman–Crippen LogP) is 3.82. The second-order valence-corrected chi connectivity index (χ2v) is 10.0. The highest BCUT2D eigenvalue weighted by Crippen LogP contribution is 2.48. The largest absolute Gasteiger partial charge is 0.451 e. The first-order valence-corrected chi connectivity index (χ1v) is 11.6. The highest BCUT2D eigenvalue weighted by Gasteiger charge is 2.56. The molecule has 1 aromatic carbocycles. The summed E-state index contributed by atoms with van der Waals surface area (Å²) in [5.74, 6) is -1.24. The van der Waals surface area contributed by atoms with Crippen molar-refractivity contribution >= 4 is 11.7 Å². The molecule has 1 saturated heterocycles. The zero-order chi connectivity index (χ0) is 24.2. The molecule has 34 heavy (non-hydrogen) atoms. The highest BCUT2D eigenvalue weighted by molar-refractivity contribution is 5.95. The van der Waals surface area contributed by atoms with Gasteiger partial charge < -0.3 is 15.7 Å². The van der Waals surface area contributed by atoms with Crippen LogP contribution in [0.2, 0.25) is 0 Å². The van der Waals surface area contributed by atoms with Gasteiger partial charge in [0.2, 0.25) is 5.82 Å². The van der Waals surface area contributed by atoms with Crippen LogP contribution in [0.5, 0.6) is 0 Å². The average molecular weight is 476 g/mol. The summed E-state index contributed by atoms with van der Waals surface area (Å²) in [6.45, 7) is 0.494. The number of β-amino-alcohol motifs (C(OH)–C–C–N with tert-alkyl or cyclic N) is 1. The number of halogens is 3. The van der Waals surface area contributed by atoms with Crippen molar-refractivity contribution in [3.63, 3.8) is 0 Å². The van der Waals surface area contributed by atoms with Crippen LogP contribution in [0, 0.1) is 0 Å². The molecule has 5 rings (SSSR count). The van der Waals surface area contributed by atoms with Gasteiger partial charge in [0.15, 0.2) is 0 Å². The molecule has 1 aliphatic heterocycles. The number of rotatable bonds is 4. The zero-order valence-corrected chi connectivity index (χ0v) is 18.8. The number of carbonyl (C=O) groups excluding carboxylic acids is 1. The van der Waals surface area contributed by atoms with Gasteiger partial charge in [-0.2, -0.15) is 13.2 Å². The number of carbonyl (C=O) groups is 1. The number of hydrogen-bond acceptors (Lipinski definition) is 5. The van der Waals surface area contributed by atoms with E-state index >= 15 is 0 Å². The van der Waals surface area contributed by atoms with Gasteiger partial charge in [-0.1, -0.05) is 30.3 Å². The number of alkyl halides is 3. The number of urea groups is 1. The third-order valence-corrected chi connectivity index (χ3v) is 7.85. The lowest BCUT2D eigenvalue weighted by molar-refractivity contribution is -0.144. The maximum atomic E-state index is 13.5. The van der Waals surface area contributed by atoms with E-state index in [0.29, 0.717) is 45.1 Å². The molecule has 3 aliphatic rings. The smallest absolute Gasteiger partial charge is 0.388 e. The lowest BCUT2D eigenvalue weighted by atomic mass is 9.69. The van der Waals surface area contributed by atoms with E-state index < -0.39 is 28.7 Å². The lowest BCUT2D eigenvalue weighted by Crippen LogP contribution is -2.59. The van der Waals surface area contributed by atoms with E-state index in [0.717, 1.165) is 24.4 Å². The van der Waals surface area contributed by atoms with E-state index in [4.69, 9.17) is 5.73 Å². The van der Waals surface area contributed by atoms with Crippen LogP contribution in [-0.2, 0) is 11.7 Å². The summed E-state index contributed by atoms with van der Waals surface area (Å²) in [7, 11) is 0. The van der Waals surface area contributed by atoms with Crippen LogP contribution in [-0.4, -0.2) is 50.2 Å². The summed E-state index contributed by atoms with van der Waals surface area (Å²) in [4.78, 5) is 23.6. The molecule has 3 fully saturated rings. The Balaban J connectivity index is 1.42. The van der Waals surface area contributed by atoms with E-state index in [1.165, 1.54) is 4.90 Å². The summed E-state index contributed by atoms with van der Waals surface area (Å²) in [5, 5.41) is 10.9. The fourth-order valence-corrected chi connectivity index (χ4v) is 5.53. The molecule has 0 bridgehead atoms. The van der Waals surface area contributed by atoms with Gasteiger partial charge in [-0.05, 0) is 50.5 Å². The quantitative estimate of drug-likeness (QED) is 0.701. The topological polar surface area (TPSA) is 95.6 Å². The fourth-order valence-electron chi connectivity index (χ4n) is 5.53. The van der Waals surface area contributed by atoms with Crippen LogP contribution in [0.15, 0.2) is 42.7 Å². The first-order valence-electron chi connectivity index (χ1n) is 11.6. The molecule has 2 aromatic rings. The zero-order valence-electron chi connectivity index (χ0n) is 18.8. The number of hydrogen-bond donors (Lipinski definition) is 2. The van der Waals surface area contributed by atoms with Crippen molar-refractivity contribution < 1.29 is 23.1 Å². The van der Waals surface area contributed by atoms with Gasteiger partial charge in [-0.25, -0.2) is 14.8 Å². The molecule has 0 radical (unpaired) electrons. The third kappa shape index (κ3) is 3.92. The van der Waals surface area contributed by atoms with E-state index in [2.05, 4.69) is 9.97 Å². The summed E-state index contributed by atoms with van der Waals surface area (Å²) >= 11 is 0. The molecular weight excluding hydrogens is 447 g/mol. The number of aromatic nitrogens is 2. The van der Waals surface area contributed by atoms with E-state index in [-0.39, 0.29) is 18.3 Å². The average Bonchev–Trinajstić information content (AvgIpc) is 3.06. The predicted molar refractivity (Wildman–Crippen MR) is 119 cm³/mol. The van der Waals surface area contributed by atoms with Crippen LogP contribution in [0.25, 0.3) is 0 Å². The number of anilines is 1. The molecule has 0 unspecified atom stereocenters. The third-order valence-electron chi connectivity index (χ3n) is 7.85. The van der Waals surface area contributed by atoms with Crippen LogP contribution >= 0.6 is 0 Å². The summed E-state index contributed by atoms with van der Waals surface area (Å²) in [5.41, 5.74) is 6.04. The van der Waals surface area contributed by atoms with Crippen LogP contribution < -0.4 is 10.6 Å². The minimum Gasteiger partial charge on any atom is -0.388 e. The molecule has 3 N–H and O–H groups in total. The van der Waals surface area contributed by atoms with Gasteiger partial charge in [-0.15, -0.1) is 0 Å². The van der Waals surface area contributed by atoms with Crippen LogP contribution in [0.4, 0.5) is 23.7 Å². The number of amides is 2. The van der Waals surface area contributed by atoms with Crippen molar-refractivity contribution in [1.29, 1.82) is 0 Å². The molecule has 2 amide bonds. The minimum absolute atomic E-state index is 0.201. The van der Waals surface area contributed by atoms with Crippen molar-refractivity contribution in [2.24, 2.45) is 5.73 Å². The van der Waals surface area contributed by atoms with E-state index in [1.54, 1.807) is 4.90 Å². The van der Waals surface area contributed by atoms with Crippen molar-refractivity contribution in [3.05, 3.63) is 54.1 Å². The Morgan fingerprint density at radius 2 is 1.62 bits per heavy atom. The number of nitrogens with zero attached hydrogens (tertiary/aromatic N) is 4. The Morgan fingerprint density at radius 3 is 2.15 bits per heavy atom. The van der Waals surface area contributed by atoms with Crippen LogP contribution in [0.3, 0.4) is 0 Å². The fraction of sp³-hybridized carbons (Fsp3) is 0.542. The van der Waals surface area contributed by atoms with Crippen molar-refractivity contribution in [3.8, 4) is 0 Å². The van der Waals surface area contributed by atoms with Gasteiger partial charge in [0, 0.05) is 5.54 Å². The molecule has 182 valence electrons. The van der Waals surface area contributed by atoms with Gasteiger partial charge in [0.05, 0.1) is 42.3 Å². The van der Waals surface area contributed by atoms with Gasteiger partial charge in [-0.3, -0.25) is 4.90 Å². The highest BCUT2D eigenvalue weighted by atomic mass is 19.4. The number of nitrogens with two attached hydrogens (primary N) is 1. The molecule has 1 aromatic heterocycles. The van der Waals surface area contributed by atoms with Gasteiger partial charge >= 0.3 is 12.2 Å². The SMILES string of the molecule is N[C@]1(c2ccccc2)CC[C@]2(CC1)CN(c1cnc(C(F)(F)F)nc1)C(=O)N2CC1(O)CCC1. The Hall–Kier alpha value is -2.72.